The molecule has 1 aromatic carbocycles. The van der Waals surface area contributed by atoms with Crippen molar-refractivity contribution < 1.29 is 27.4 Å². The number of anilines is 1. The van der Waals surface area contributed by atoms with Gasteiger partial charge < -0.3 is 20.5 Å². The van der Waals surface area contributed by atoms with Crippen LogP contribution in [-0.2, 0) is 4.79 Å². The lowest BCUT2D eigenvalue weighted by Gasteiger charge is -2.25. The molecule has 1 aliphatic rings. The molecule has 2 unspecified atom stereocenters. The van der Waals surface area contributed by atoms with Crippen molar-refractivity contribution in [2.45, 2.75) is 37.9 Å². The number of benzene rings is 1. The summed E-state index contributed by atoms with van der Waals surface area (Å²) in [5, 5.41) is 2.71. The molecular formula is C16H22ClF3N2O3. The normalized spacial score (nSPS) is 20.4. The number of amides is 1. The van der Waals surface area contributed by atoms with Crippen molar-refractivity contribution in [3.63, 3.8) is 0 Å². The van der Waals surface area contributed by atoms with Gasteiger partial charge in [0.15, 0.2) is 18.1 Å². The van der Waals surface area contributed by atoms with E-state index in [0.29, 0.717) is 12.1 Å². The maximum atomic E-state index is 12.3. The second kappa shape index (κ2) is 9.15. The van der Waals surface area contributed by atoms with Crippen molar-refractivity contribution in [1.82, 2.24) is 0 Å². The third kappa shape index (κ3) is 6.62. The number of carbonyl (C=O) groups is 1. The quantitative estimate of drug-likeness (QED) is 0.817. The topological polar surface area (TPSA) is 73.6 Å². The molecule has 2 atom stereocenters. The predicted molar refractivity (Wildman–Crippen MR) is 90.4 cm³/mol. The maximum absolute atomic E-state index is 12.3. The average Bonchev–Trinajstić information content (AvgIpc) is 2.52. The molecule has 2 rings (SSSR count). The van der Waals surface area contributed by atoms with Crippen LogP contribution in [0.15, 0.2) is 18.2 Å². The molecule has 1 aliphatic carbocycles. The molecule has 1 saturated carbocycles. The lowest BCUT2D eigenvalue weighted by Crippen LogP contribution is -2.34. The first-order valence-electron chi connectivity index (χ1n) is 7.72. The molecule has 0 aromatic heterocycles. The zero-order chi connectivity index (χ0) is 17.7. The van der Waals surface area contributed by atoms with E-state index in [2.05, 4.69) is 5.32 Å². The molecule has 0 heterocycles. The number of halogens is 4. The molecule has 1 fully saturated rings. The summed E-state index contributed by atoms with van der Waals surface area (Å²) in [6.07, 6.45) is -1.29. The Morgan fingerprint density at radius 3 is 2.64 bits per heavy atom. The van der Waals surface area contributed by atoms with Crippen LogP contribution in [0.4, 0.5) is 18.9 Å². The second-order valence-electron chi connectivity index (χ2n) is 5.88. The number of hydrogen-bond acceptors (Lipinski definition) is 4. The van der Waals surface area contributed by atoms with E-state index in [4.69, 9.17) is 15.2 Å². The standard InChI is InChI=1S/C16H21F3N2O3.ClH/c1-23-13-6-5-12(8-14(13)24-9-16(17,18)19)21-15(22)10-3-2-4-11(20)7-10;/h5-6,8,10-11H,2-4,7,9,20H2,1H3,(H,21,22);1H. The Balaban J connectivity index is 0.00000312. The summed E-state index contributed by atoms with van der Waals surface area (Å²) < 4.78 is 46.7. The molecule has 142 valence electrons. The number of alkyl halides is 3. The summed E-state index contributed by atoms with van der Waals surface area (Å²) in [5.74, 6) is -0.280. The molecule has 1 aromatic rings. The summed E-state index contributed by atoms with van der Waals surface area (Å²) in [6.45, 7) is -1.43. The van der Waals surface area contributed by atoms with Crippen LogP contribution in [0, 0.1) is 5.92 Å². The van der Waals surface area contributed by atoms with E-state index in [9.17, 15) is 18.0 Å². The fourth-order valence-corrected chi connectivity index (χ4v) is 2.74. The Bertz CT molecular complexity index is 584. The van der Waals surface area contributed by atoms with Gasteiger partial charge in [-0.2, -0.15) is 13.2 Å². The summed E-state index contributed by atoms with van der Waals surface area (Å²) in [6, 6.07) is 4.34. The Morgan fingerprint density at radius 2 is 2.04 bits per heavy atom. The van der Waals surface area contributed by atoms with E-state index in [1.54, 1.807) is 6.07 Å². The summed E-state index contributed by atoms with van der Waals surface area (Å²) in [5.41, 5.74) is 6.23. The highest BCUT2D eigenvalue weighted by Gasteiger charge is 2.29. The molecule has 0 radical (unpaired) electrons. The molecule has 5 nitrogen and oxygen atoms in total. The first-order valence-corrected chi connectivity index (χ1v) is 7.72. The van der Waals surface area contributed by atoms with Crippen molar-refractivity contribution in [1.29, 1.82) is 0 Å². The first kappa shape index (κ1) is 21.4. The monoisotopic (exact) mass is 382 g/mol. The third-order valence-corrected chi connectivity index (χ3v) is 3.91. The highest BCUT2D eigenvalue weighted by Crippen LogP contribution is 2.32. The lowest BCUT2D eigenvalue weighted by atomic mass is 9.85. The number of methoxy groups -OCH3 is 1. The largest absolute Gasteiger partial charge is 0.493 e. The van der Waals surface area contributed by atoms with E-state index in [1.165, 1.54) is 19.2 Å². The molecule has 9 heteroatoms. The molecular weight excluding hydrogens is 361 g/mol. The summed E-state index contributed by atoms with van der Waals surface area (Å²) in [7, 11) is 1.33. The zero-order valence-corrected chi connectivity index (χ0v) is 14.6. The first-order chi connectivity index (χ1) is 11.3. The van der Waals surface area contributed by atoms with Crippen LogP contribution < -0.4 is 20.5 Å². The number of ether oxygens (including phenoxy) is 2. The maximum Gasteiger partial charge on any atom is 0.422 e. The molecule has 25 heavy (non-hydrogen) atoms. The van der Waals surface area contributed by atoms with Crippen molar-refractivity contribution in [2.24, 2.45) is 11.7 Å². The van der Waals surface area contributed by atoms with E-state index < -0.39 is 12.8 Å². The van der Waals surface area contributed by atoms with Gasteiger partial charge in [0.2, 0.25) is 5.91 Å². The van der Waals surface area contributed by atoms with Crippen LogP contribution >= 0.6 is 12.4 Å². The SMILES string of the molecule is COc1ccc(NC(=O)C2CCCC(N)C2)cc1OCC(F)(F)F.Cl. The molecule has 0 bridgehead atoms. The van der Waals surface area contributed by atoms with E-state index in [-0.39, 0.29) is 41.8 Å². The second-order valence-corrected chi connectivity index (χ2v) is 5.88. The van der Waals surface area contributed by atoms with Crippen molar-refractivity contribution in [3.8, 4) is 11.5 Å². The molecule has 0 spiro atoms. The predicted octanol–water partition coefficient (Wildman–Crippen LogP) is 3.51. The van der Waals surface area contributed by atoms with Gasteiger partial charge in [-0.3, -0.25) is 4.79 Å². The Morgan fingerprint density at radius 1 is 1.32 bits per heavy atom. The third-order valence-electron chi connectivity index (χ3n) is 3.91. The van der Waals surface area contributed by atoms with Gasteiger partial charge >= 0.3 is 6.18 Å². The summed E-state index contributed by atoms with van der Waals surface area (Å²) in [4.78, 5) is 12.3. The number of carbonyl (C=O) groups excluding carboxylic acids is 1. The van der Waals surface area contributed by atoms with Crippen LogP contribution in [-0.4, -0.2) is 31.8 Å². The Kier molecular flexibility index (Phi) is 7.82. The van der Waals surface area contributed by atoms with Gasteiger partial charge in [-0.15, -0.1) is 12.4 Å². The minimum atomic E-state index is -4.46. The number of hydrogen-bond donors (Lipinski definition) is 2. The fraction of sp³-hybridized carbons (Fsp3) is 0.562. The van der Waals surface area contributed by atoms with Gasteiger partial charge in [0.05, 0.1) is 7.11 Å². The highest BCUT2D eigenvalue weighted by atomic mass is 35.5. The van der Waals surface area contributed by atoms with E-state index >= 15 is 0 Å². The van der Waals surface area contributed by atoms with Gasteiger partial charge in [0, 0.05) is 23.7 Å². The lowest BCUT2D eigenvalue weighted by molar-refractivity contribution is -0.153. The van der Waals surface area contributed by atoms with Gasteiger partial charge in [-0.25, -0.2) is 0 Å². The van der Waals surface area contributed by atoms with Crippen LogP contribution in [0.25, 0.3) is 0 Å². The minimum Gasteiger partial charge on any atom is -0.493 e. The zero-order valence-electron chi connectivity index (χ0n) is 13.8. The van der Waals surface area contributed by atoms with Crippen molar-refractivity contribution in [2.75, 3.05) is 19.0 Å². The fourth-order valence-electron chi connectivity index (χ4n) is 2.74. The number of nitrogens with one attached hydrogen (secondary N) is 1. The van der Waals surface area contributed by atoms with Gasteiger partial charge in [0.1, 0.15) is 0 Å². The summed E-state index contributed by atoms with van der Waals surface area (Å²) >= 11 is 0. The van der Waals surface area contributed by atoms with Gasteiger partial charge in [-0.1, -0.05) is 6.42 Å². The molecule has 1 amide bonds. The van der Waals surface area contributed by atoms with Gasteiger partial charge in [0.25, 0.3) is 0 Å². The van der Waals surface area contributed by atoms with Crippen LogP contribution in [0.3, 0.4) is 0 Å². The smallest absolute Gasteiger partial charge is 0.422 e. The van der Waals surface area contributed by atoms with Crippen LogP contribution in [0.5, 0.6) is 11.5 Å². The van der Waals surface area contributed by atoms with Crippen molar-refractivity contribution in [3.05, 3.63) is 18.2 Å². The van der Waals surface area contributed by atoms with Crippen LogP contribution in [0.2, 0.25) is 0 Å². The number of rotatable bonds is 5. The van der Waals surface area contributed by atoms with Crippen molar-refractivity contribution >= 4 is 24.0 Å². The minimum absolute atomic E-state index is 0. The van der Waals surface area contributed by atoms with E-state index in [1.807, 2.05) is 0 Å². The molecule has 3 N–H and O–H groups in total. The van der Waals surface area contributed by atoms with E-state index in [0.717, 1.165) is 19.3 Å². The Labute approximate surface area is 150 Å². The molecule has 0 aliphatic heterocycles. The van der Waals surface area contributed by atoms with Gasteiger partial charge in [-0.05, 0) is 31.4 Å². The van der Waals surface area contributed by atoms with Crippen LogP contribution in [0.1, 0.15) is 25.7 Å². The average molecular weight is 383 g/mol. The highest BCUT2D eigenvalue weighted by molar-refractivity contribution is 5.93. The molecule has 0 saturated heterocycles. The Hall–Kier alpha value is -1.67. The number of nitrogens with two attached hydrogens (primary N) is 1.